The molecule has 0 atom stereocenters. The smallest absolute Gasteiger partial charge is 0.141 e. The summed E-state index contributed by atoms with van der Waals surface area (Å²) >= 11 is 3.06. The van der Waals surface area contributed by atoms with E-state index in [1.807, 2.05) is 6.92 Å². The third kappa shape index (κ3) is 1.92. The van der Waals surface area contributed by atoms with Crippen molar-refractivity contribution in [2.75, 3.05) is 0 Å². The lowest BCUT2D eigenvalue weighted by Crippen LogP contribution is -1.89. The Balaban J connectivity index is 2.62. The summed E-state index contributed by atoms with van der Waals surface area (Å²) in [6.45, 7) is 1.82. The van der Waals surface area contributed by atoms with Crippen LogP contribution in [0.2, 0.25) is 0 Å². The number of hydrogen-bond acceptors (Lipinski definition) is 1. The molecule has 0 spiro atoms. The fourth-order valence-electron chi connectivity index (χ4n) is 1.28. The van der Waals surface area contributed by atoms with Crippen LogP contribution in [0, 0.1) is 18.6 Å². The first-order valence-corrected chi connectivity index (χ1v) is 5.04. The van der Waals surface area contributed by atoms with Gasteiger partial charge in [0, 0.05) is 23.5 Å². The van der Waals surface area contributed by atoms with Crippen LogP contribution in [0.25, 0.3) is 11.4 Å². The topological polar surface area (TPSA) is 28.7 Å². The van der Waals surface area contributed by atoms with E-state index in [4.69, 9.17) is 0 Å². The number of H-pyrrole nitrogens is 1. The van der Waals surface area contributed by atoms with Gasteiger partial charge in [-0.1, -0.05) is 0 Å². The summed E-state index contributed by atoms with van der Waals surface area (Å²) in [6.07, 6.45) is 1.60. The van der Waals surface area contributed by atoms with Crippen molar-refractivity contribution in [2.45, 2.75) is 6.92 Å². The van der Waals surface area contributed by atoms with E-state index in [1.54, 1.807) is 6.20 Å². The van der Waals surface area contributed by atoms with E-state index in [9.17, 15) is 8.78 Å². The van der Waals surface area contributed by atoms with E-state index >= 15 is 0 Å². The van der Waals surface area contributed by atoms with Crippen molar-refractivity contribution in [3.05, 3.63) is 40.1 Å². The van der Waals surface area contributed by atoms with Gasteiger partial charge in [0.25, 0.3) is 0 Å². The highest BCUT2D eigenvalue weighted by Crippen LogP contribution is 2.29. The first-order chi connectivity index (χ1) is 7.08. The second-order valence-corrected chi connectivity index (χ2v) is 3.96. The third-order valence-electron chi connectivity index (χ3n) is 1.95. The molecule has 0 amide bonds. The fourth-order valence-corrected chi connectivity index (χ4v) is 1.69. The minimum atomic E-state index is -0.640. The largest absolute Gasteiger partial charge is 0.342 e. The molecule has 0 aliphatic heterocycles. The van der Waals surface area contributed by atoms with E-state index in [0.717, 1.165) is 11.8 Å². The molecule has 0 saturated carbocycles. The van der Waals surface area contributed by atoms with E-state index in [1.165, 1.54) is 6.07 Å². The Morgan fingerprint density at radius 1 is 1.33 bits per heavy atom. The number of halogens is 3. The molecule has 0 aliphatic rings. The molecule has 78 valence electrons. The molecule has 0 aliphatic carbocycles. The molecule has 2 rings (SSSR count). The van der Waals surface area contributed by atoms with E-state index < -0.39 is 11.6 Å². The van der Waals surface area contributed by atoms with Gasteiger partial charge in [-0.15, -0.1) is 0 Å². The van der Waals surface area contributed by atoms with Gasteiger partial charge in [-0.05, 0) is 28.9 Å². The van der Waals surface area contributed by atoms with Crippen LogP contribution in [-0.4, -0.2) is 9.97 Å². The Labute approximate surface area is 93.5 Å². The van der Waals surface area contributed by atoms with Crippen LogP contribution in [0.15, 0.2) is 22.8 Å². The fraction of sp³-hybridized carbons (Fsp3) is 0.100. The zero-order chi connectivity index (χ0) is 11.0. The Kier molecular flexibility index (Phi) is 2.56. The van der Waals surface area contributed by atoms with Gasteiger partial charge in [0.05, 0.1) is 4.47 Å². The first kappa shape index (κ1) is 10.3. The number of benzene rings is 1. The number of nitrogens with zero attached hydrogens (tertiary/aromatic N) is 1. The van der Waals surface area contributed by atoms with Gasteiger partial charge in [0.15, 0.2) is 0 Å². The molecular weight excluding hydrogens is 266 g/mol. The van der Waals surface area contributed by atoms with Crippen LogP contribution in [0.1, 0.15) is 5.69 Å². The van der Waals surface area contributed by atoms with Gasteiger partial charge in [0.2, 0.25) is 0 Å². The summed E-state index contributed by atoms with van der Waals surface area (Å²) < 4.78 is 26.4. The van der Waals surface area contributed by atoms with Crippen molar-refractivity contribution in [1.29, 1.82) is 0 Å². The molecule has 1 N–H and O–H groups in total. The van der Waals surface area contributed by atoms with Gasteiger partial charge in [-0.25, -0.2) is 13.8 Å². The summed E-state index contributed by atoms with van der Waals surface area (Å²) in [5, 5.41) is 0. The lowest BCUT2D eigenvalue weighted by Gasteiger charge is -2.02. The minimum absolute atomic E-state index is 0.207. The predicted octanol–water partition coefficient (Wildman–Crippen LogP) is 3.43. The molecule has 15 heavy (non-hydrogen) atoms. The molecule has 0 saturated heterocycles. The Hall–Kier alpha value is -1.23. The number of nitrogens with one attached hydrogen (secondary N) is 1. The number of imidazole rings is 1. The van der Waals surface area contributed by atoms with Crippen LogP contribution >= 0.6 is 15.9 Å². The van der Waals surface area contributed by atoms with Gasteiger partial charge in [-0.3, -0.25) is 0 Å². The van der Waals surface area contributed by atoms with Crippen molar-refractivity contribution >= 4 is 15.9 Å². The highest BCUT2D eigenvalue weighted by Gasteiger charge is 2.12. The maximum Gasteiger partial charge on any atom is 0.141 e. The molecule has 1 aromatic carbocycles. The average Bonchev–Trinajstić information content (AvgIpc) is 2.58. The standard InChI is InChI=1S/C10H7BrF2N2/c1-5-4-14-10(15-5)7-2-6(12)3-8(13)9(7)11/h2-4H,1H3,(H,14,15). The highest BCUT2D eigenvalue weighted by atomic mass is 79.9. The molecule has 5 heteroatoms. The van der Waals surface area contributed by atoms with Gasteiger partial charge in [-0.2, -0.15) is 0 Å². The van der Waals surface area contributed by atoms with E-state index in [2.05, 4.69) is 25.9 Å². The number of aromatic nitrogens is 2. The van der Waals surface area contributed by atoms with Gasteiger partial charge >= 0.3 is 0 Å². The van der Waals surface area contributed by atoms with Gasteiger partial charge in [0.1, 0.15) is 17.5 Å². The number of rotatable bonds is 1. The predicted molar refractivity (Wildman–Crippen MR) is 56.4 cm³/mol. The maximum atomic E-state index is 13.2. The second kappa shape index (κ2) is 3.73. The molecule has 1 aromatic heterocycles. The summed E-state index contributed by atoms with van der Waals surface area (Å²) in [6, 6.07) is 2.05. The molecule has 1 heterocycles. The van der Waals surface area contributed by atoms with Crippen molar-refractivity contribution in [2.24, 2.45) is 0 Å². The molecule has 2 nitrogen and oxygen atoms in total. The van der Waals surface area contributed by atoms with Crippen LogP contribution in [0.4, 0.5) is 8.78 Å². The maximum absolute atomic E-state index is 13.2. The number of aromatic amines is 1. The third-order valence-corrected chi connectivity index (χ3v) is 2.76. The van der Waals surface area contributed by atoms with Crippen molar-refractivity contribution in [1.82, 2.24) is 9.97 Å². The van der Waals surface area contributed by atoms with E-state index in [0.29, 0.717) is 11.4 Å². The van der Waals surface area contributed by atoms with Crippen molar-refractivity contribution in [3.8, 4) is 11.4 Å². The molecule has 0 unspecified atom stereocenters. The molecule has 2 aromatic rings. The van der Waals surface area contributed by atoms with Crippen LogP contribution in [-0.2, 0) is 0 Å². The summed E-state index contributed by atoms with van der Waals surface area (Å²) in [7, 11) is 0. The minimum Gasteiger partial charge on any atom is -0.342 e. The van der Waals surface area contributed by atoms with Crippen LogP contribution in [0.5, 0.6) is 0 Å². The van der Waals surface area contributed by atoms with Crippen molar-refractivity contribution < 1.29 is 8.78 Å². The number of aryl methyl sites for hydroxylation is 1. The Morgan fingerprint density at radius 2 is 2.07 bits per heavy atom. The lowest BCUT2D eigenvalue weighted by atomic mass is 10.2. The Morgan fingerprint density at radius 3 is 2.67 bits per heavy atom. The quantitative estimate of drug-likeness (QED) is 0.792. The first-order valence-electron chi connectivity index (χ1n) is 4.24. The van der Waals surface area contributed by atoms with Crippen LogP contribution < -0.4 is 0 Å². The lowest BCUT2D eigenvalue weighted by molar-refractivity contribution is 0.579. The van der Waals surface area contributed by atoms with Crippen molar-refractivity contribution in [3.63, 3.8) is 0 Å². The zero-order valence-electron chi connectivity index (χ0n) is 7.81. The normalized spacial score (nSPS) is 10.7. The summed E-state index contributed by atoms with van der Waals surface area (Å²) in [4.78, 5) is 6.92. The SMILES string of the molecule is Cc1cnc(-c2cc(F)cc(F)c2Br)[nH]1. The van der Waals surface area contributed by atoms with Crippen LogP contribution in [0.3, 0.4) is 0 Å². The molecule has 0 bridgehead atoms. The monoisotopic (exact) mass is 272 g/mol. The average molecular weight is 273 g/mol. The van der Waals surface area contributed by atoms with E-state index in [-0.39, 0.29) is 4.47 Å². The second-order valence-electron chi connectivity index (χ2n) is 3.16. The Bertz CT molecular complexity index is 508. The molecule has 0 fully saturated rings. The summed E-state index contributed by atoms with van der Waals surface area (Å²) in [5.74, 6) is -0.823. The zero-order valence-corrected chi connectivity index (χ0v) is 9.40. The number of hydrogen-bond donors (Lipinski definition) is 1. The molecular formula is C10H7BrF2N2. The van der Waals surface area contributed by atoms with Gasteiger partial charge < -0.3 is 4.98 Å². The summed E-state index contributed by atoms with van der Waals surface area (Å²) in [5.41, 5.74) is 1.21. The highest BCUT2D eigenvalue weighted by molar-refractivity contribution is 9.10. The molecule has 0 radical (unpaired) electrons.